The molecular formula is C7H10O3P+. The van der Waals surface area contributed by atoms with Crippen molar-refractivity contribution >= 4 is 8.69 Å². The molecule has 0 saturated heterocycles. The van der Waals surface area contributed by atoms with Crippen molar-refractivity contribution in [3.63, 3.8) is 0 Å². The van der Waals surface area contributed by atoms with E-state index in [9.17, 15) is 0 Å². The van der Waals surface area contributed by atoms with E-state index in [0.717, 1.165) is 5.75 Å². The number of methoxy groups -OCH3 is 1. The molecule has 0 bridgehead atoms. The summed E-state index contributed by atoms with van der Waals surface area (Å²) in [6.45, 7) is 0. The van der Waals surface area contributed by atoms with Gasteiger partial charge in [0.2, 0.25) is 0 Å². The first-order valence-corrected chi connectivity index (χ1v) is 3.81. The van der Waals surface area contributed by atoms with E-state index in [4.69, 9.17) is 14.2 Å². The van der Waals surface area contributed by atoms with E-state index >= 15 is 0 Å². The van der Waals surface area contributed by atoms with Crippen LogP contribution in [-0.4, -0.2) is 12.0 Å². The molecule has 1 rings (SSSR count). The predicted octanol–water partition coefficient (Wildman–Crippen LogP) is 1.61. The minimum absolute atomic E-state index is 0.910. The van der Waals surface area contributed by atoms with E-state index in [2.05, 4.69) is 0 Å². The fourth-order valence-electron chi connectivity index (χ4n) is 0.557. The highest BCUT2D eigenvalue weighted by molar-refractivity contribution is 7.16. The van der Waals surface area contributed by atoms with Crippen molar-refractivity contribution in [3.8, 4) is 5.75 Å². The number of rotatable bonds is 1. The van der Waals surface area contributed by atoms with Gasteiger partial charge in [0, 0.05) is 0 Å². The van der Waals surface area contributed by atoms with Gasteiger partial charge in [-0.2, -0.15) is 4.89 Å². The van der Waals surface area contributed by atoms with E-state index in [1.807, 2.05) is 30.3 Å². The zero-order chi connectivity index (χ0) is 8.53. The van der Waals surface area contributed by atoms with E-state index in [1.165, 1.54) is 0 Å². The molecule has 0 radical (unpaired) electrons. The molecule has 0 heterocycles. The molecule has 1 N–H and O–H groups in total. The van der Waals surface area contributed by atoms with Crippen LogP contribution in [0, 0.1) is 0 Å². The van der Waals surface area contributed by atoms with Crippen molar-refractivity contribution in [2.75, 3.05) is 7.11 Å². The smallest absolute Gasteiger partial charge is 0.491 e. The van der Waals surface area contributed by atoms with Gasteiger partial charge in [-0.25, -0.2) is 0 Å². The number of para-hydroxylation sites is 1. The number of benzene rings is 1. The van der Waals surface area contributed by atoms with Gasteiger partial charge in [0.1, 0.15) is 5.75 Å². The third kappa shape index (κ3) is 5.52. The highest BCUT2D eigenvalue weighted by Crippen LogP contribution is 2.05. The molecule has 60 valence electrons. The van der Waals surface area contributed by atoms with Gasteiger partial charge in [-0.05, 0) is 16.7 Å². The summed E-state index contributed by atoms with van der Waals surface area (Å²) in [5, 5.41) is 0. The summed E-state index contributed by atoms with van der Waals surface area (Å²) in [7, 11) is 0.495. The molecule has 3 nitrogen and oxygen atoms in total. The molecule has 4 heteroatoms. The van der Waals surface area contributed by atoms with Gasteiger partial charge in [0.25, 0.3) is 0 Å². The Morgan fingerprint density at radius 3 is 2.09 bits per heavy atom. The molecular weight excluding hydrogens is 163 g/mol. The van der Waals surface area contributed by atoms with Gasteiger partial charge in [0.05, 0.1) is 7.11 Å². The van der Waals surface area contributed by atoms with Crippen molar-refractivity contribution in [2.24, 2.45) is 0 Å². The van der Waals surface area contributed by atoms with E-state index in [0.29, 0.717) is 0 Å². The summed E-state index contributed by atoms with van der Waals surface area (Å²) in [5.74, 6) is 0.910. The monoisotopic (exact) mass is 173 g/mol. The van der Waals surface area contributed by atoms with Crippen LogP contribution in [0.2, 0.25) is 0 Å². The Bertz CT molecular complexity index is 188. The largest absolute Gasteiger partial charge is 0.497 e. The Morgan fingerprint density at radius 1 is 1.36 bits per heavy atom. The van der Waals surface area contributed by atoms with Gasteiger partial charge in [0.15, 0.2) is 0 Å². The number of ether oxygens (including phenoxy) is 1. The zero-order valence-corrected chi connectivity index (χ0v) is 7.15. The Kier molecular flexibility index (Phi) is 6.59. The zero-order valence-electron chi connectivity index (χ0n) is 6.15. The predicted molar refractivity (Wildman–Crippen MR) is 44.2 cm³/mol. The molecule has 0 saturated carbocycles. The van der Waals surface area contributed by atoms with Crippen molar-refractivity contribution in [1.29, 1.82) is 0 Å². The summed E-state index contributed by atoms with van der Waals surface area (Å²) in [5.41, 5.74) is 0. The van der Waals surface area contributed by atoms with Crippen LogP contribution in [0.4, 0.5) is 0 Å². The maximum absolute atomic E-state index is 8.51. The fraction of sp³-hybridized carbons (Fsp3) is 0.143. The molecule has 0 aliphatic rings. The van der Waals surface area contributed by atoms with E-state index < -0.39 is 8.69 Å². The van der Waals surface area contributed by atoms with Crippen molar-refractivity contribution < 1.29 is 14.2 Å². The van der Waals surface area contributed by atoms with Crippen molar-refractivity contribution in [3.05, 3.63) is 30.3 Å². The maximum Gasteiger partial charge on any atom is 0.491 e. The van der Waals surface area contributed by atoms with Crippen LogP contribution in [0.5, 0.6) is 5.75 Å². The molecule has 1 atom stereocenters. The summed E-state index contributed by atoms with van der Waals surface area (Å²) < 4.78 is 13.4. The second-order valence-corrected chi connectivity index (χ2v) is 1.79. The molecule has 0 fully saturated rings. The van der Waals surface area contributed by atoms with Crippen molar-refractivity contribution in [1.82, 2.24) is 0 Å². The minimum atomic E-state index is -1.17. The summed E-state index contributed by atoms with van der Waals surface area (Å²) in [4.78, 5) is 7.04. The Balaban J connectivity index is 0.000000292. The average Bonchev–Trinajstić information content (AvgIpc) is 2.08. The molecule has 0 aliphatic carbocycles. The molecule has 0 aliphatic heterocycles. The molecule has 1 aromatic carbocycles. The van der Waals surface area contributed by atoms with Crippen LogP contribution in [0.3, 0.4) is 0 Å². The average molecular weight is 173 g/mol. The van der Waals surface area contributed by atoms with Gasteiger partial charge in [-0.15, -0.1) is 0 Å². The lowest BCUT2D eigenvalue weighted by atomic mass is 10.3. The molecule has 1 aromatic rings. The molecule has 0 spiro atoms. The first-order chi connectivity index (χ1) is 5.35. The fourth-order valence-corrected chi connectivity index (χ4v) is 0.557. The lowest BCUT2D eigenvalue weighted by Crippen LogP contribution is -1.78. The van der Waals surface area contributed by atoms with Crippen LogP contribution in [0.15, 0.2) is 30.3 Å². The third-order valence-electron chi connectivity index (χ3n) is 0.979. The highest BCUT2D eigenvalue weighted by Gasteiger charge is 1.80. The lowest BCUT2D eigenvalue weighted by Gasteiger charge is -1.93. The van der Waals surface area contributed by atoms with Crippen LogP contribution < -0.4 is 4.74 Å². The Hall–Kier alpha value is -0.920. The Labute approximate surface area is 66.9 Å². The minimum Gasteiger partial charge on any atom is -0.497 e. The van der Waals surface area contributed by atoms with E-state index in [-0.39, 0.29) is 0 Å². The molecule has 11 heavy (non-hydrogen) atoms. The molecule has 0 amide bonds. The quantitative estimate of drug-likeness (QED) is 0.656. The van der Waals surface area contributed by atoms with E-state index in [1.54, 1.807) is 7.11 Å². The summed E-state index contributed by atoms with van der Waals surface area (Å²) in [6, 6.07) is 9.68. The van der Waals surface area contributed by atoms with Gasteiger partial charge < -0.3 is 4.74 Å². The second kappa shape index (κ2) is 7.19. The lowest BCUT2D eigenvalue weighted by molar-refractivity contribution is 0.415. The summed E-state index contributed by atoms with van der Waals surface area (Å²) in [6.07, 6.45) is 0. The van der Waals surface area contributed by atoms with Gasteiger partial charge in [-0.3, -0.25) is 0 Å². The first kappa shape index (κ1) is 10.1. The topological polar surface area (TPSA) is 46.5 Å². The highest BCUT2D eigenvalue weighted by atomic mass is 31.1. The second-order valence-electron chi connectivity index (χ2n) is 1.61. The van der Waals surface area contributed by atoms with Crippen LogP contribution in [0.25, 0.3) is 0 Å². The number of hydrogen-bond acceptors (Lipinski definition) is 2. The summed E-state index contributed by atoms with van der Waals surface area (Å²) >= 11 is 0. The van der Waals surface area contributed by atoms with Crippen molar-refractivity contribution in [2.45, 2.75) is 0 Å². The first-order valence-electron chi connectivity index (χ1n) is 2.95. The van der Waals surface area contributed by atoms with Gasteiger partial charge in [-0.1, -0.05) is 18.2 Å². The standard InChI is InChI=1S/C7H8O.HO2P/c1-8-7-5-3-2-4-6-7;1-3-2/h2-6H,1H3;3H/p+1. The third-order valence-corrected chi connectivity index (χ3v) is 0.979. The van der Waals surface area contributed by atoms with Crippen LogP contribution >= 0.6 is 8.69 Å². The van der Waals surface area contributed by atoms with Crippen LogP contribution in [-0.2, 0) is 4.57 Å². The normalized spacial score (nSPS) is 8.18. The maximum atomic E-state index is 8.51. The molecule has 0 aromatic heterocycles. The SMILES string of the molecule is COc1ccccc1.O=[PH+]O. The Morgan fingerprint density at radius 2 is 1.82 bits per heavy atom. The number of hydrogen-bond donors (Lipinski definition) is 1. The molecule has 1 unspecified atom stereocenters. The van der Waals surface area contributed by atoms with Crippen LogP contribution in [0.1, 0.15) is 0 Å². The van der Waals surface area contributed by atoms with Gasteiger partial charge >= 0.3 is 8.69 Å².